The van der Waals surface area contributed by atoms with E-state index in [9.17, 15) is 30.4 Å². The van der Waals surface area contributed by atoms with E-state index >= 15 is 0 Å². The first-order valence-electron chi connectivity index (χ1n) is 8.75. The Morgan fingerprint density at radius 1 is 1.10 bits per heavy atom. The maximum absolute atomic E-state index is 14.0. The first-order chi connectivity index (χ1) is 14.3. The van der Waals surface area contributed by atoms with E-state index in [2.05, 4.69) is 20.2 Å². The van der Waals surface area contributed by atoms with Crippen molar-refractivity contribution in [1.82, 2.24) is 29.2 Å². The zero-order valence-electron chi connectivity index (χ0n) is 15.9. The van der Waals surface area contributed by atoms with Gasteiger partial charge in [-0.3, -0.25) is 0 Å². The standard InChI is InChI=1S/C17H13F5N6O2S/c1-3-31(29,30)15-12(14-23-6-4-10(16(2,18)19)28(14)26-15)13-24-11-8-9(17(20,21)22)5-7-27(11)25-13/h4-8H,3H2,1-2H3. The minimum atomic E-state index is -4.63. The van der Waals surface area contributed by atoms with Crippen molar-refractivity contribution in [2.24, 2.45) is 0 Å². The largest absolute Gasteiger partial charge is 0.416 e. The second kappa shape index (κ2) is 6.67. The van der Waals surface area contributed by atoms with E-state index in [4.69, 9.17) is 0 Å². The topological polar surface area (TPSA) is 94.5 Å². The number of fused-ring (bicyclic) bond motifs is 2. The average molecular weight is 460 g/mol. The van der Waals surface area contributed by atoms with Crippen molar-refractivity contribution in [3.05, 3.63) is 41.9 Å². The van der Waals surface area contributed by atoms with Crippen molar-refractivity contribution in [3.8, 4) is 11.4 Å². The summed E-state index contributed by atoms with van der Waals surface area (Å²) in [5.74, 6) is -4.11. The van der Waals surface area contributed by atoms with Crippen molar-refractivity contribution >= 4 is 21.1 Å². The summed E-state index contributed by atoms with van der Waals surface area (Å²) in [6.45, 7) is 1.94. The third-order valence-corrected chi connectivity index (χ3v) is 6.13. The molecule has 0 spiro atoms. The molecule has 0 N–H and O–H groups in total. The van der Waals surface area contributed by atoms with Crippen molar-refractivity contribution in [3.63, 3.8) is 0 Å². The van der Waals surface area contributed by atoms with Crippen molar-refractivity contribution < 1.29 is 30.4 Å². The molecule has 0 unspecified atom stereocenters. The second-order valence-corrected chi connectivity index (χ2v) is 8.88. The molecule has 4 aromatic rings. The van der Waals surface area contributed by atoms with Crippen LogP contribution in [0.3, 0.4) is 0 Å². The number of nitrogens with zero attached hydrogens (tertiary/aromatic N) is 6. The van der Waals surface area contributed by atoms with Crippen molar-refractivity contribution in [2.75, 3.05) is 5.75 Å². The molecule has 14 heteroatoms. The number of halogens is 5. The molecule has 0 aliphatic carbocycles. The fraction of sp³-hybridized carbons (Fsp3) is 0.294. The molecular formula is C17H13F5N6O2S. The predicted molar refractivity (Wildman–Crippen MR) is 97.3 cm³/mol. The second-order valence-electron chi connectivity index (χ2n) is 6.69. The molecule has 0 amide bonds. The summed E-state index contributed by atoms with van der Waals surface area (Å²) in [6, 6.07) is 2.49. The third-order valence-electron chi connectivity index (χ3n) is 4.50. The van der Waals surface area contributed by atoms with Gasteiger partial charge in [-0.1, -0.05) is 6.92 Å². The van der Waals surface area contributed by atoms with Crippen LogP contribution in [0.25, 0.3) is 22.7 Å². The highest BCUT2D eigenvalue weighted by molar-refractivity contribution is 7.91. The summed E-state index contributed by atoms with van der Waals surface area (Å²) in [6.07, 6.45) is -2.57. The quantitative estimate of drug-likeness (QED) is 0.434. The number of pyridine rings is 1. The molecule has 164 valence electrons. The van der Waals surface area contributed by atoms with E-state index in [1.807, 2.05) is 0 Å². The van der Waals surface area contributed by atoms with Gasteiger partial charge in [0.25, 0.3) is 5.92 Å². The van der Waals surface area contributed by atoms with Crippen LogP contribution in [0.1, 0.15) is 25.1 Å². The molecule has 0 fully saturated rings. The number of rotatable bonds is 4. The van der Waals surface area contributed by atoms with Crippen LogP contribution in [0.4, 0.5) is 22.0 Å². The van der Waals surface area contributed by atoms with Crippen LogP contribution in [-0.4, -0.2) is 43.4 Å². The molecule has 0 aliphatic heterocycles. The molecular weight excluding hydrogens is 447 g/mol. The first-order valence-corrected chi connectivity index (χ1v) is 10.4. The molecule has 0 bridgehead atoms. The van der Waals surface area contributed by atoms with E-state index in [1.165, 1.54) is 6.92 Å². The molecule has 0 aliphatic rings. The Balaban J connectivity index is 2.06. The minimum Gasteiger partial charge on any atom is -0.236 e. The van der Waals surface area contributed by atoms with Gasteiger partial charge >= 0.3 is 6.18 Å². The van der Waals surface area contributed by atoms with E-state index < -0.39 is 44.0 Å². The summed E-state index contributed by atoms with van der Waals surface area (Å²) in [7, 11) is -4.06. The number of hydrogen-bond acceptors (Lipinski definition) is 6. The Morgan fingerprint density at radius 3 is 2.42 bits per heavy atom. The van der Waals surface area contributed by atoms with Gasteiger partial charge in [0.1, 0.15) is 11.3 Å². The Kier molecular flexibility index (Phi) is 4.54. The molecule has 0 saturated carbocycles. The Hall–Kier alpha value is -3.16. The monoisotopic (exact) mass is 460 g/mol. The van der Waals surface area contributed by atoms with Crippen LogP contribution in [0, 0.1) is 0 Å². The normalized spacial score (nSPS) is 13.4. The van der Waals surface area contributed by atoms with Crippen molar-refractivity contribution in [1.29, 1.82) is 0 Å². The minimum absolute atomic E-state index is 0.221. The highest BCUT2D eigenvalue weighted by atomic mass is 32.2. The highest BCUT2D eigenvalue weighted by Crippen LogP contribution is 2.34. The number of alkyl halides is 5. The van der Waals surface area contributed by atoms with Gasteiger partial charge in [-0.25, -0.2) is 27.4 Å². The van der Waals surface area contributed by atoms with E-state index in [0.717, 1.165) is 35.1 Å². The lowest BCUT2D eigenvalue weighted by molar-refractivity contribution is -0.137. The Bertz CT molecular complexity index is 1420. The summed E-state index contributed by atoms with van der Waals surface area (Å²) in [5, 5.41) is 7.27. The van der Waals surface area contributed by atoms with Crippen LogP contribution in [0.5, 0.6) is 0 Å². The molecule has 31 heavy (non-hydrogen) atoms. The third kappa shape index (κ3) is 3.49. The first kappa shape index (κ1) is 21.1. The Morgan fingerprint density at radius 2 is 1.81 bits per heavy atom. The summed E-state index contributed by atoms with van der Waals surface area (Å²) in [5.41, 5.74) is -2.37. The molecule has 0 saturated heterocycles. The van der Waals surface area contributed by atoms with Gasteiger partial charge < -0.3 is 0 Å². The lowest BCUT2D eigenvalue weighted by Gasteiger charge is -2.11. The molecule has 4 rings (SSSR count). The maximum atomic E-state index is 14.0. The smallest absolute Gasteiger partial charge is 0.236 e. The molecule has 0 aromatic carbocycles. The Labute approximate surface area is 171 Å². The zero-order chi connectivity index (χ0) is 22.8. The maximum Gasteiger partial charge on any atom is 0.416 e. The van der Waals surface area contributed by atoms with Crippen LogP contribution < -0.4 is 0 Å². The fourth-order valence-corrected chi connectivity index (χ4v) is 3.95. The molecule has 8 nitrogen and oxygen atoms in total. The molecule has 4 aromatic heterocycles. The lowest BCUT2D eigenvalue weighted by Crippen LogP contribution is -2.14. The van der Waals surface area contributed by atoms with Crippen molar-refractivity contribution in [2.45, 2.75) is 31.0 Å². The van der Waals surface area contributed by atoms with Crippen LogP contribution in [-0.2, 0) is 21.9 Å². The summed E-state index contributed by atoms with van der Waals surface area (Å²) < 4.78 is 94.0. The number of hydrogen-bond donors (Lipinski definition) is 0. The highest BCUT2D eigenvalue weighted by Gasteiger charge is 2.34. The van der Waals surface area contributed by atoms with E-state index in [1.54, 1.807) is 0 Å². The number of aromatic nitrogens is 6. The van der Waals surface area contributed by atoms with Gasteiger partial charge in [-0.2, -0.15) is 27.1 Å². The molecule has 0 atom stereocenters. The SMILES string of the molecule is CCS(=O)(=O)c1nn2c(C(C)(F)F)ccnc2c1-c1nc2cc(C(F)(F)F)ccn2n1. The van der Waals surface area contributed by atoms with Crippen LogP contribution in [0.2, 0.25) is 0 Å². The molecule has 0 radical (unpaired) electrons. The summed E-state index contributed by atoms with van der Waals surface area (Å²) >= 11 is 0. The summed E-state index contributed by atoms with van der Waals surface area (Å²) in [4.78, 5) is 7.95. The zero-order valence-corrected chi connectivity index (χ0v) is 16.7. The van der Waals surface area contributed by atoms with Crippen LogP contribution in [0.15, 0.2) is 35.6 Å². The van der Waals surface area contributed by atoms with Gasteiger partial charge in [-0.05, 0) is 18.2 Å². The average Bonchev–Trinajstić information content (AvgIpc) is 3.26. The van der Waals surface area contributed by atoms with Gasteiger partial charge in [-0.15, -0.1) is 5.10 Å². The molecule has 4 heterocycles. The van der Waals surface area contributed by atoms with Crippen LogP contribution >= 0.6 is 0 Å². The van der Waals surface area contributed by atoms with Gasteiger partial charge in [0.15, 0.2) is 32.0 Å². The van der Waals surface area contributed by atoms with Gasteiger partial charge in [0.2, 0.25) is 0 Å². The lowest BCUT2D eigenvalue weighted by atomic mass is 10.2. The van der Waals surface area contributed by atoms with Gasteiger partial charge in [0, 0.05) is 19.3 Å². The van der Waals surface area contributed by atoms with Gasteiger partial charge in [0.05, 0.1) is 11.3 Å². The fourth-order valence-electron chi connectivity index (χ4n) is 2.97. The number of sulfone groups is 1. The van der Waals surface area contributed by atoms with E-state index in [0.29, 0.717) is 11.4 Å². The van der Waals surface area contributed by atoms with E-state index in [-0.39, 0.29) is 22.7 Å². The predicted octanol–water partition coefficient (Wildman–Crippen LogP) is 3.36.